The minimum absolute atomic E-state index is 0.0165. The van der Waals surface area contributed by atoms with E-state index in [1.807, 2.05) is 11.6 Å². The molecule has 1 saturated carbocycles. The Morgan fingerprint density at radius 3 is 3.13 bits per heavy atom. The summed E-state index contributed by atoms with van der Waals surface area (Å²) in [5.74, 6) is 0.853. The van der Waals surface area contributed by atoms with Crippen molar-refractivity contribution >= 4 is 11.3 Å². The topological polar surface area (TPSA) is 38.9 Å². The second-order valence-electron chi connectivity index (χ2n) is 5.00. The van der Waals surface area contributed by atoms with Gasteiger partial charge in [0.25, 0.3) is 0 Å². The molecule has 84 valence electrons. The van der Waals surface area contributed by atoms with E-state index in [-0.39, 0.29) is 5.54 Å². The van der Waals surface area contributed by atoms with E-state index in [2.05, 4.69) is 11.9 Å². The van der Waals surface area contributed by atoms with Crippen LogP contribution in [0.2, 0.25) is 0 Å². The van der Waals surface area contributed by atoms with Gasteiger partial charge >= 0.3 is 0 Å². The molecule has 0 spiro atoms. The quantitative estimate of drug-likeness (QED) is 0.784. The third-order valence-electron chi connectivity index (χ3n) is 3.49. The smallest absolute Gasteiger partial charge is 0.0943 e. The first-order chi connectivity index (χ1) is 7.18. The molecule has 0 aromatic carbocycles. The number of hydrogen-bond acceptors (Lipinski definition) is 3. The van der Waals surface area contributed by atoms with E-state index in [0.29, 0.717) is 0 Å². The number of nitrogens with zero attached hydrogens (tertiary/aromatic N) is 1. The third kappa shape index (κ3) is 3.02. The van der Waals surface area contributed by atoms with Gasteiger partial charge in [0, 0.05) is 23.5 Å². The predicted octanol–water partition coefficient (Wildman–Crippen LogP) is 2.98. The SMILES string of the molecule is CC1CCCC(N)(Cc2nccs2)CC1. The van der Waals surface area contributed by atoms with Crippen LogP contribution in [0.25, 0.3) is 0 Å². The van der Waals surface area contributed by atoms with Crippen LogP contribution in [0.3, 0.4) is 0 Å². The zero-order chi connectivity index (χ0) is 10.7. The molecule has 2 unspecified atom stereocenters. The highest BCUT2D eigenvalue weighted by atomic mass is 32.1. The normalized spacial score (nSPS) is 32.5. The molecule has 1 aliphatic rings. The summed E-state index contributed by atoms with van der Waals surface area (Å²) in [5.41, 5.74) is 6.50. The van der Waals surface area contributed by atoms with Gasteiger partial charge in [0.2, 0.25) is 0 Å². The van der Waals surface area contributed by atoms with Crippen LogP contribution in [-0.4, -0.2) is 10.5 Å². The summed E-state index contributed by atoms with van der Waals surface area (Å²) >= 11 is 1.73. The van der Waals surface area contributed by atoms with Crippen molar-refractivity contribution in [3.05, 3.63) is 16.6 Å². The molecule has 0 aliphatic heterocycles. The van der Waals surface area contributed by atoms with Crippen molar-refractivity contribution in [3.63, 3.8) is 0 Å². The van der Waals surface area contributed by atoms with Crippen molar-refractivity contribution < 1.29 is 0 Å². The molecule has 1 fully saturated rings. The summed E-state index contributed by atoms with van der Waals surface area (Å²) < 4.78 is 0. The summed E-state index contributed by atoms with van der Waals surface area (Å²) in [6.07, 6.45) is 9.08. The van der Waals surface area contributed by atoms with Gasteiger partial charge in [-0.3, -0.25) is 0 Å². The van der Waals surface area contributed by atoms with Gasteiger partial charge in [-0.2, -0.15) is 0 Å². The fraction of sp³-hybridized carbons (Fsp3) is 0.750. The molecular weight excluding hydrogens is 204 g/mol. The molecule has 2 rings (SSSR count). The van der Waals surface area contributed by atoms with Crippen molar-refractivity contribution in [1.82, 2.24) is 4.98 Å². The molecule has 1 heterocycles. The lowest BCUT2D eigenvalue weighted by Crippen LogP contribution is -2.41. The second kappa shape index (κ2) is 4.62. The monoisotopic (exact) mass is 224 g/mol. The van der Waals surface area contributed by atoms with E-state index >= 15 is 0 Å². The first-order valence-corrected chi connectivity index (χ1v) is 6.73. The average molecular weight is 224 g/mol. The van der Waals surface area contributed by atoms with Crippen LogP contribution < -0.4 is 5.73 Å². The second-order valence-corrected chi connectivity index (χ2v) is 5.98. The first kappa shape index (κ1) is 11.1. The van der Waals surface area contributed by atoms with Crippen LogP contribution in [0.5, 0.6) is 0 Å². The molecule has 15 heavy (non-hydrogen) atoms. The van der Waals surface area contributed by atoms with Crippen LogP contribution in [-0.2, 0) is 6.42 Å². The summed E-state index contributed by atoms with van der Waals surface area (Å²) in [5, 5.41) is 3.24. The Kier molecular flexibility index (Phi) is 3.42. The predicted molar refractivity (Wildman–Crippen MR) is 65.0 cm³/mol. The van der Waals surface area contributed by atoms with Crippen molar-refractivity contribution in [2.24, 2.45) is 11.7 Å². The number of nitrogens with two attached hydrogens (primary N) is 1. The highest BCUT2D eigenvalue weighted by Gasteiger charge is 2.29. The lowest BCUT2D eigenvalue weighted by atomic mass is 9.88. The lowest BCUT2D eigenvalue weighted by molar-refractivity contribution is 0.363. The molecule has 0 saturated heterocycles. The molecule has 3 heteroatoms. The summed E-state index contributed by atoms with van der Waals surface area (Å²) in [7, 11) is 0. The van der Waals surface area contributed by atoms with Crippen LogP contribution in [0.15, 0.2) is 11.6 Å². The Bertz CT molecular complexity index is 297. The minimum Gasteiger partial charge on any atom is -0.325 e. The largest absolute Gasteiger partial charge is 0.325 e. The molecule has 1 aliphatic carbocycles. The van der Waals surface area contributed by atoms with Crippen molar-refractivity contribution in [1.29, 1.82) is 0 Å². The Morgan fingerprint density at radius 1 is 1.53 bits per heavy atom. The minimum atomic E-state index is 0.0165. The van der Waals surface area contributed by atoms with Crippen molar-refractivity contribution in [3.8, 4) is 0 Å². The number of aromatic nitrogens is 1. The van der Waals surface area contributed by atoms with Crippen molar-refractivity contribution in [2.45, 2.75) is 51.0 Å². The molecule has 2 nitrogen and oxygen atoms in total. The average Bonchev–Trinajstić information content (AvgIpc) is 2.61. The Hall–Kier alpha value is -0.410. The maximum absolute atomic E-state index is 6.48. The summed E-state index contributed by atoms with van der Waals surface area (Å²) in [6.45, 7) is 2.34. The van der Waals surface area contributed by atoms with Crippen LogP contribution >= 0.6 is 11.3 Å². The van der Waals surface area contributed by atoms with Gasteiger partial charge < -0.3 is 5.73 Å². The van der Waals surface area contributed by atoms with Crippen LogP contribution in [0, 0.1) is 5.92 Å². The lowest BCUT2D eigenvalue weighted by Gasteiger charge is -2.27. The van der Waals surface area contributed by atoms with Gasteiger partial charge in [0.15, 0.2) is 0 Å². The maximum atomic E-state index is 6.48. The number of thiazole rings is 1. The zero-order valence-corrected chi connectivity index (χ0v) is 10.2. The van der Waals surface area contributed by atoms with E-state index in [0.717, 1.165) is 25.2 Å². The zero-order valence-electron chi connectivity index (χ0n) is 9.41. The molecule has 1 aromatic heterocycles. The highest BCUT2D eigenvalue weighted by Crippen LogP contribution is 2.31. The Labute approximate surface area is 95.9 Å². The van der Waals surface area contributed by atoms with Gasteiger partial charge in [0.1, 0.15) is 0 Å². The standard InChI is InChI=1S/C12H20N2S/c1-10-3-2-5-12(13,6-4-10)9-11-14-7-8-15-11/h7-8,10H,2-6,9,13H2,1H3. The van der Waals surface area contributed by atoms with E-state index in [9.17, 15) is 0 Å². The number of rotatable bonds is 2. The fourth-order valence-corrected chi connectivity index (χ4v) is 3.20. The third-order valence-corrected chi connectivity index (χ3v) is 4.27. The Morgan fingerprint density at radius 2 is 2.40 bits per heavy atom. The van der Waals surface area contributed by atoms with Gasteiger partial charge in [-0.15, -0.1) is 11.3 Å². The van der Waals surface area contributed by atoms with E-state index in [1.54, 1.807) is 11.3 Å². The summed E-state index contributed by atoms with van der Waals surface area (Å²) in [4.78, 5) is 4.34. The van der Waals surface area contributed by atoms with Crippen LogP contribution in [0.4, 0.5) is 0 Å². The molecule has 0 radical (unpaired) electrons. The van der Waals surface area contributed by atoms with Crippen LogP contribution in [0.1, 0.15) is 44.0 Å². The Balaban J connectivity index is 1.99. The van der Waals surface area contributed by atoms with Gasteiger partial charge in [-0.05, 0) is 25.2 Å². The van der Waals surface area contributed by atoms with E-state index < -0.39 is 0 Å². The molecule has 2 atom stereocenters. The molecule has 1 aromatic rings. The van der Waals surface area contributed by atoms with E-state index in [1.165, 1.54) is 24.3 Å². The first-order valence-electron chi connectivity index (χ1n) is 5.85. The van der Waals surface area contributed by atoms with E-state index in [4.69, 9.17) is 5.73 Å². The molecule has 0 amide bonds. The highest BCUT2D eigenvalue weighted by molar-refractivity contribution is 7.09. The molecular formula is C12H20N2S. The maximum Gasteiger partial charge on any atom is 0.0943 e. The molecule has 0 bridgehead atoms. The van der Waals surface area contributed by atoms with Gasteiger partial charge in [0.05, 0.1) is 5.01 Å². The summed E-state index contributed by atoms with van der Waals surface area (Å²) in [6, 6.07) is 0. The van der Waals surface area contributed by atoms with Gasteiger partial charge in [-0.25, -0.2) is 4.98 Å². The molecule has 2 N–H and O–H groups in total. The number of hydrogen-bond donors (Lipinski definition) is 1. The van der Waals surface area contributed by atoms with Crippen molar-refractivity contribution in [2.75, 3.05) is 0 Å². The fourth-order valence-electron chi connectivity index (χ4n) is 2.42. The van der Waals surface area contributed by atoms with Gasteiger partial charge in [-0.1, -0.05) is 19.8 Å².